The Kier molecular flexibility index (Phi) is 5.77. The zero-order valence-corrected chi connectivity index (χ0v) is 10.6. The molecule has 0 radical (unpaired) electrons. The summed E-state index contributed by atoms with van der Waals surface area (Å²) < 4.78 is 5.12. The fourth-order valence-electron chi connectivity index (χ4n) is 1.94. The molecule has 4 nitrogen and oxygen atoms in total. The Labute approximate surface area is 98.1 Å². The summed E-state index contributed by atoms with van der Waals surface area (Å²) in [5.41, 5.74) is 0. The summed E-state index contributed by atoms with van der Waals surface area (Å²) in [7, 11) is 1.67. The number of piperidine rings is 1. The second kappa shape index (κ2) is 6.86. The van der Waals surface area contributed by atoms with E-state index in [2.05, 4.69) is 24.5 Å². The van der Waals surface area contributed by atoms with Gasteiger partial charge in [-0.1, -0.05) is 20.3 Å². The van der Waals surface area contributed by atoms with E-state index >= 15 is 0 Å². The third kappa shape index (κ3) is 4.10. The van der Waals surface area contributed by atoms with Crippen LogP contribution in [0.15, 0.2) is 0 Å². The van der Waals surface area contributed by atoms with Gasteiger partial charge >= 0.3 is 0 Å². The van der Waals surface area contributed by atoms with Gasteiger partial charge in [-0.2, -0.15) is 0 Å². The second-order valence-electron chi connectivity index (χ2n) is 4.82. The normalized spacial score (nSPS) is 23.1. The molecular formula is C12H24N2O2. The van der Waals surface area contributed by atoms with Gasteiger partial charge in [0.2, 0.25) is 5.91 Å². The Balaban J connectivity index is 2.40. The van der Waals surface area contributed by atoms with E-state index in [1.54, 1.807) is 7.11 Å². The van der Waals surface area contributed by atoms with Crippen LogP contribution in [0, 0.1) is 5.92 Å². The molecule has 0 aromatic carbocycles. The molecule has 2 N–H and O–H groups in total. The molecule has 1 heterocycles. The van der Waals surface area contributed by atoms with Crippen molar-refractivity contribution in [3.05, 3.63) is 0 Å². The van der Waals surface area contributed by atoms with Crippen molar-refractivity contribution >= 4 is 5.91 Å². The average Bonchev–Trinajstić information content (AvgIpc) is 2.29. The van der Waals surface area contributed by atoms with Crippen molar-refractivity contribution in [3.63, 3.8) is 0 Å². The van der Waals surface area contributed by atoms with E-state index in [0.29, 0.717) is 12.5 Å². The molecule has 0 aromatic heterocycles. The molecule has 1 aliphatic heterocycles. The Morgan fingerprint density at radius 3 is 2.75 bits per heavy atom. The van der Waals surface area contributed by atoms with Gasteiger partial charge in [-0.15, -0.1) is 0 Å². The molecule has 1 fully saturated rings. The van der Waals surface area contributed by atoms with Crippen molar-refractivity contribution < 1.29 is 9.53 Å². The highest BCUT2D eigenvalue weighted by atomic mass is 16.5. The number of hydrogen-bond acceptors (Lipinski definition) is 3. The average molecular weight is 228 g/mol. The lowest BCUT2D eigenvalue weighted by Gasteiger charge is -2.27. The highest BCUT2D eigenvalue weighted by molar-refractivity contribution is 5.82. The summed E-state index contributed by atoms with van der Waals surface area (Å²) in [5.74, 6) is 0.517. The van der Waals surface area contributed by atoms with Gasteiger partial charge in [0.15, 0.2) is 0 Å². The molecule has 1 amide bonds. The van der Waals surface area contributed by atoms with Crippen LogP contribution in [-0.4, -0.2) is 38.3 Å². The lowest BCUT2D eigenvalue weighted by molar-refractivity contribution is -0.125. The smallest absolute Gasteiger partial charge is 0.237 e. The third-order valence-corrected chi connectivity index (χ3v) is 3.11. The van der Waals surface area contributed by atoms with Crippen LogP contribution in [-0.2, 0) is 9.53 Å². The highest BCUT2D eigenvalue weighted by Crippen LogP contribution is 2.08. The predicted octanol–water partition coefficient (Wildman–Crippen LogP) is 0.916. The van der Waals surface area contributed by atoms with Gasteiger partial charge in [-0.25, -0.2) is 0 Å². The molecule has 0 bridgehead atoms. The van der Waals surface area contributed by atoms with Crippen molar-refractivity contribution in [2.75, 3.05) is 20.3 Å². The maximum atomic E-state index is 12.0. The summed E-state index contributed by atoms with van der Waals surface area (Å²) in [4.78, 5) is 12.0. The lowest BCUT2D eigenvalue weighted by Crippen LogP contribution is -2.51. The van der Waals surface area contributed by atoms with E-state index in [1.807, 2.05) is 0 Å². The number of nitrogens with one attached hydrogen (secondary N) is 2. The molecule has 0 spiro atoms. The summed E-state index contributed by atoms with van der Waals surface area (Å²) in [6.07, 6.45) is 3.26. The molecule has 0 aliphatic carbocycles. The van der Waals surface area contributed by atoms with Crippen molar-refractivity contribution in [2.45, 2.75) is 45.2 Å². The van der Waals surface area contributed by atoms with E-state index in [9.17, 15) is 4.79 Å². The molecular weight excluding hydrogens is 204 g/mol. The van der Waals surface area contributed by atoms with E-state index in [-0.39, 0.29) is 18.0 Å². The van der Waals surface area contributed by atoms with Gasteiger partial charge in [0, 0.05) is 7.11 Å². The molecule has 1 unspecified atom stereocenters. The Morgan fingerprint density at radius 2 is 2.25 bits per heavy atom. The van der Waals surface area contributed by atoms with E-state index in [4.69, 9.17) is 4.74 Å². The van der Waals surface area contributed by atoms with Crippen molar-refractivity contribution in [1.29, 1.82) is 0 Å². The third-order valence-electron chi connectivity index (χ3n) is 3.11. The standard InChI is InChI=1S/C12H24N2O2/c1-9(2)11(8-16-3)14-12(15)10-6-4-5-7-13-10/h9-11,13H,4-8H2,1-3H3,(H,14,15)/t10-,11?/m1/s1. The number of amides is 1. The van der Waals surface area contributed by atoms with Crippen molar-refractivity contribution in [1.82, 2.24) is 10.6 Å². The van der Waals surface area contributed by atoms with Crippen LogP contribution in [0.4, 0.5) is 0 Å². The quantitative estimate of drug-likeness (QED) is 0.735. The van der Waals surface area contributed by atoms with Crippen molar-refractivity contribution in [2.24, 2.45) is 5.92 Å². The number of carbonyl (C=O) groups is 1. The van der Waals surface area contributed by atoms with E-state index in [0.717, 1.165) is 19.4 Å². The van der Waals surface area contributed by atoms with Gasteiger partial charge in [0.1, 0.15) is 0 Å². The van der Waals surface area contributed by atoms with Gasteiger partial charge in [-0.05, 0) is 25.3 Å². The largest absolute Gasteiger partial charge is 0.383 e. The second-order valence-corrected chi connectivity index (χ2v) is 4.82. The van der Waals surface area contributed by atoms with Crippen LogP contribution in [0.2, 0.25) is 0 Å². The fraction of sp³-hybridized carbons (Fsp3) is 0.917. The topological polar surface area (TPSA) is 50.4 Å². The summed E-state index contributed by atoms with van der Waals surface area (Å²) in [6.45, 7) is 5.72. The minimum absolute atomic E-state index is 0.00754. The van der Waals surface area contributed by atoms with Gasteiger partial charge in [0.25, 0.3) is 0 Å². The first-order valence-electron chi connectivity index (χ1n) is 6.18. The fourth-order valence-corrected chi connectivity index (χ4v) is 1.94. The summed E-state index contributed by atoms with van der Waals surface area (Å²) >= 11 is 0. The zero-order valence-electron chi connectivity index (χ0n) is 10.6. The molecule has 2 atom stereocenters. The molecule has 4 heteroatoms. The van der Waals surface area contributed by atoms with Crippen LogP contribution in [0.3, 0.4) is 0 Å². The van der Waals surface area contributed by atoms with Crippen LogP contribution < -0.4 is 10.6 Å². The maximum absolute atomic E-state index is 12.0. The molecule has 1 rings (SSSR count). The maximum Gasteiger partial charge on any atom is 0.237 e. The minimum Gasteiger partial charge on any atom is -0.383 e. The van der Waals surface area contributed by atoms with Gasteiger partial charge in [-0.3, -0.25) is 4.79 Å². The first-order chi connectivity index (χ1) is 7.65. The van der Waals surface area contributed by atoms with Crippen LogP contribution >= 0.6 is 0 Å². The molecule has 0 aromatic rings. The van der Waals surface area contributed by atoms with E-state index in [1.165, 1.54) is 6.42 Å². The monoisotopic (exact) mass is 228 g/mol. The number of carbonyl (C=O) groups excluding carboxylic acids is 1. The number of rotatable bonds is 5. The van der Waals surface area contributed by atoms with Gasteiger partial charge < -0.3 is 15.4 Å². The number of hydrogen-bond donors (Lipinski definition) is 2. The molecule has 0 saturated carbocycles. The number of ether oxygens (including phenoxy) is 1. The Hall–Kier alpha value is -0.610. The lowest BCUT2D eigenvalue weighted by atomic mass is 10.0. The summed E-state index contributed by atoms with van der Waals surface area (Å²) in [6, 6.07) is 0.105. The molecule has 1 aliphatic rings. The predicted molar refractivity (Wildman–Crippen MR) is 64.3 cm³/mol. The molecule has 16 heavy (non-hydrogen) atoms. The van der Waals surface area contributed by atoms with Crippen LogP contribution in [0.5, 0.6) is 0 Å². The summed E-state index contributed by atoms with van der Waals surface area (Å²) in [5, 5.41) is 6.31. The SMILES string of the molecule is COCC(NC(=O)[C@H]1CCCCN1)C(C)C. The molecule has 94 valence electrons. The zero-order chi connectivity index (χ0) is 12.0. The first kappa shape index (κ1) is 13.5. The number of methoxy groups -OCH3 is 1. The van der Waals surface area contributed by atoms with E-state index < -0.39 is 0 Å². The minimum atomic E-state index is -0.00754. The highest BCUT2D eigenvalue weighted by Gasteiger charge is 2.23. The molecule has 1 saturated heterocycles. The van der Waals surface area contributed by atoms with Crippen LogP contribution in [0.1, 0.15) is 33.1 Å². The van der Waals surface area contributed by atoms with Gasteiger partial charge in [0.05, 0.1) is 18.7 Å². The Bertz CT molecular complexity index is 213. The Morgan fingerprint density at radius 1 is 1.50 bits per heavy atom. The van der Waals surface area contributed by atoms with Crippen LogP contribution in [0.25, 0.3) is 0 Å². The first-order valence-corrected chi connectivity index (χ1v) is 6.18. The van der Waals surface area contributed by atoms with Crippen molar-refractivity contribution in [3.8, 4) is 0 Å².